The van der Waals surface area contributed by atoms with Crippen LogP contribution in [-0.4, -0.2) is 11.9 Å². The fourth-order valence-corrected chi connectivity index (χ4v) is 1.60. The SMILES string of the molecule is O=C(CC(=O)Oc1cc(F)c(F)cc1F)Oc1cc(F)c(F)cc1F. The van der Waals surface area contributed by atoms with Crippen molar-refractivity contribution in [2.45, 2.75) is 6.42 Å². The average Bonchev–Trinajstić information content (AvgIpc) is 2.50. The first-order valence-electron chi connectivity index (χ1n) is 6.38. The second-order valence-corrected chi connectivity index (χ2v) is 4.52. The summed E-state index contributed by atoms with van der Waals surface area (Å²) >= 11 is 0. The second kappa shape index (κ2) is 7.24. The molecule has 0 bridgehead atoms. The predicted molar refractivity (Wildman–Crippen MR) is 68.5 cm³/mol. The van der Waals surface area contributed by atoms with Crippen LogP contribution in [0.15, 0.2) is 24.3 Å². The van der Waals surface area contributed by atoms with Gasteiger partial charge in [-0.3, -0.25) is 9.59 Å². The van der Waals surface area contributed by atoms with Gasteiger partial charge in [-0.15, -0.1) is 0 Å². The summed E-state index contributed by atoms with van der Waals surface area (Å²) in [5.74, 6) is -13.7. The fourth-order valence-electron chi connectivity index (χ4n) is 1.60. The first kappa shape index (κ1) is 18.3. The highest BCUT2D eigenvalue weighted by atomic mass is 19.2. The highest BCUT2D eigenvalue weighted by molar-refractivity contribution is 5.93. The molecule has 0 spiro atoms. The van der Waals surface area contributed by atoms with Crippen LogP contribution in [0.1, 0.15) is 6.42 Å². The highest BCUT2D eigenvalue weighted by Gasteiger charge is 2.20. The Morgan fingerprint density at radius 3 is 1.28 bits per heavy atom. The Balaban J connectivity index is 2.03. The molecule has 2 aromatic carbocycles. The van der Waals surface area contributed by atoms with Crippen molar-refractivity contribution in [1.82, 2.24) is 0 Å². The number of carbonyl (C=O) groups excluding carboxylic acids is 2. The van der Waals surface area contributed by atoms with Crippen molar-refractivity contribution in [1.29, 1.82) is 0 Å². The summed E-state index contributed by atoms with van der Waals surface area (Å²) in [6.07, 6.45) is -1.20. The molecule has 0 heterocycles. The Hall–Kier alpha value is -3.04. The van der Waals surface area contributed by atoms with Crippen molar-refractivity contribution in [3.63, 3.8) is 0 Å². The summed E-state index contributed by atoms with van der Waals surface area (Å²) in [6, 6.07) is 0.714. The molecule has 25 heavy (non-hydrogen) atoms. The molecule has 0 atom stereocenters. The third kappa shape index (κ3) is 4.49. The van der Waals surface area contributed by atoms with Crippen molar-refractivity contribution in [2.24, 2.45) is 0 Å². The zero-order valence-electron chi connectivity index (χ0n) is 11.9. The monoisotopic (exact) mass is 364 g/mol. The van der Waals surface area contributed by atoms with E-state index in [0.717, 1.165) is 0 Å². The maximum absolute atomic E-state index is 13.3. The quantitative estimate of drug-likeness (QED) is 0.274. The van der Waals surface area contributed by atoms with E-state index in [4.69, 9.17) is 0 Å². The van der Waals surface area contributed by atoms with Crippen LogP contribution in [0.5, 0.6) is 11.5 Å². The first-order valence-corrected chi connectivity index (χ1v) is 6.38. The molecule has 0 N–H and O–H groups in total. The zero-order chi connectivity index (χ0) is 18.7. The topological polar surface area (TPSA) is 52.6 Å². The Morgan fingerprint density at radius 2 is 0.920 bits per heavy atom. The van der Waals surface area contributed by atoms with Gasteiger partial charge in [0.15, 0.2) is 46.4 Å². The third-order valence-corrected chi connectivity index (χ3v) is 2.69. The van der Waals surface area contributed by atoms with Crippen molar-refractivity contribution in [2.75, 3.05) is 0 Å². The molecule has 2 rings (SSSR count). The summed E-state index contributed by atoms with van der Waals surface area (Å²) in [6.45, 7) is 0. The largest absolute Gasteiger partial charge is 0.423 e. The van der Waals surface area contributed by atoms with Crippen LogP contribution >= 0.6 is 0 Å². The van der Waals surface area contributed by atoms with E-state index < -0.39 is 64.8 Å². The van der Waals surface area contributed by atoms with E-state index >= 15 is 0 Å². The van der Waals surface area contributed by atoms with E-state index in [9.17, 15) is 35.9 Å². The number of hydrogen-bond donors (Lipinski definition) is 0. The number of ether oxygens (including phenoxy) is 2. The summed E-state index contributed by atoms with van der Waals surface area (Å²) in [5.41, 5.74) is 0. The summed E-state index contributed by atoms with van der Waals surface area (Å²) in [4.78, 5) is 22.9. The van der Waals surface area contributed by atoms with Crippen LogP contribution in [-0.2, 0) is 9.59 Å². The van der Waals surface area contributed by atoms with Gasteiger partial charge in [-0.2, -0.15) is 0 Å². The van der Waals surface area contributed by atoms with Crippen LogP contribution in [0.4, 0.5) is 26.3 Å². The molecule has 0 aliphatic heterocycles. The normalized spacial score (nSPS) is 10.5. The molecular formula is C15H6F6O4. The Bertz CT molecular complexity index is 783. The molecule has 0 saturated carbocycles. The van der Waals surface area contributed by atoms with Crippen molar-refractivity contribution in [3.8, 4) is 11.5 Å². The zero-order valence-corrected chi connectivity index (χ0v) is 11.9. The molecule has 2 aromatic rings. The van der Waals surface area contributed by atoms with Gasteiger partial charge in [0.2, 0.25) is 0 Å². The van der Waals surface area contributed by atoms with Gasteiger partial charge in [0.1, 0.15) is 6.42 Å². The number of esters is 2. The molecule has 4 nitrogen and oxygen atoms in total. The van der Waals surface area contributed by atoms with Crippen molar-refractivity contribution in [3.05, 3.63) is 59.2 Å². The Kier molecular flexibility index (Phi) is 5.30. The molecule has 0 aromatic heterocycles. The van der Waals surface area contributed by atoms with E-state index in [1.807, 2.05) is 0 Å². The lowest BCUT2D eigenvalue weighted by atomic mass is 10.3. The van der Waals surface area contributed by atoms with Crippen LogP contribution in [0.25, 0.3) is 0 Å². The Labute approximate surface area is 135 Å². The minimum atomic E-state index is -1.52. The molecule has 0 aliphatic rings. The van der Waals surface area contributed by atoms with Gasteiger partial charge in [-0.1, -0.05) is 0 Å². The highest BCUT2D eigenvalue weighted by Crippen LogP contribution is 2.23. The van der Waals surface area contributed by atoms with Crippen LogP contribution in [0, 0.1) is 34.9 Å². The van der Waals surface area contributed by atoms with Gasteiger partial charge < -0.3 is 9.47 Å². The first-order chi connectivity index (χ1) is 11.7. The Morgan fingerprint density at radius 1 is 0.600 bits per heavy atom. The number of carbonyl (C=O) groups is 2. The average molecular weight is 364 g/mol. The summed E-state index contributed by atoms with van der Waals surface area (Å²) in [5, 5.41) is 0. The van der Waals surface area contributed by atoms with Gasteiger partial charge in [0, 0.05) is 24.3 Å². The summed E-state index contributed by atoms with van der Waals surface area (Å²) < 4.78 is 86.5. The molecule has 0 fully saturated rings. The standard InChI is InChI=1S/C15H6F6O4/c16-6-1-10(20)12(3-8(6)18)24-14(22)5-15(23)25-13-4-9(19)7(17)2-11(13)21/h1-4H,5H2. The van der Waals surface area contributed by atoms with Crippen LogP contribution in [0.3, 0.4) is 0 Å². The van der Waals surface area contributed by atoms with E-state index in [2.05, 4.69) is 9.47 Å². The number of halogens is 6. The van der Waals surface area contributed by atoms with Crippen LogP contribution in [0.2, 0.25) is 0 Å². The third-order valence-electron chi connectivity index (χ3n) is 2.69. The molecule has 132 valence electrons. The number of hydrogen-bond acceptors (Lipinski definition) is 4. The van der Waals surface area contributed by atoms with Gasteiger partial charge in [0.25, 0.3) is 0 Å². The molecule has 0 radical (unpaired) electrons. The maximum Gasteiger partial charge on any atom is 0.322 e. The lowest BCUT2D eigenvalue weighted by molar-refractivity contribution is -0.144. The molecule has 0 aliphatic carbocycles. The number of benzene rings is 2. The molecular weight excluding hydrogens is 358 g/mol. The van der Waals surface area contributed by atoms with E-state index in [1.54, 1.807) is 0 Å². The second-order valence-electron chi connectivity index (χ2n) is 4.52. The minimum Gasteiger partial charge on any atom is -0.423 e. The fraction of sp³-hybridized carbons (Fsp3) is 0.0667. The van der Waals surface area contributed by atoms with Crippen molar-refractivity contribution < 1.29 is 45.4 Å². The molecule has 0 amide bonds. The predicted octanol–water partition coefficient (Wildman–Crippen LogP) is 3.42. The number of rotatable bonds is 4. The van der Waals surface area contributed by atoms with Gasteiger partial charge in [-0.25, -0.2) is 26.3 Å². The molecule has 0 unspecified atom stereocenters. The minimum absolute atomic E-state index is 0.118. The van der Waals surface area contributed by atoms with Gasteiger partial charge in [0.05, 0.1) is 0 Å². The van der Waals surface area contributed by atoms with Gasteiger partial charge >= 0.3 is 11.9 Å². The smallest absolute Gasteiger partial charge is 0.322 e. The van der Waals surface area contributed by atoms with E-state index in [-0.39, 0.29) is 24.3 Å². The molecule has 10 heteroatoms. The van der Waals surface area contributed by atoms with E-state index in [1.165, 1.54) is 0 Å². The van der Waals surface area contributed by atoms with Crippen molar-refractivity contribution >= 4 is 11.9 Å². The lowest BCUT2D eigenvalue weighted by Gasteiger charge is -2.07. The van der Waals surface area contributed by atoms with Crippen LogP contribution < -0.4 is 9.47 Å². The summed E-state index contributed by atoms with van der Waals surface area (Å²) in [7, 11) is 0. The van der Waals surface area contributed by atoms with Gasteiger partial charge in [-0.05, 0) is 0 Å². The van der Waals surface area contributed by atoms with E-state index in [0.29, 0.717) is 0 Å². The molecule has 0 saturated heterocycles. The maximum atomic E-state index is 13.3. The lowest BCUT2D eigenvalue weighted by Crippen LogP contribution is -2.19.